The van der Waals surface area contributed by atoms with Crippen molar-refractivity contribution < 1.29 is 13.2 Å². The summed E-state index contributed by atoms with van der Waals surface area (Å²) in [5.74, 6) is 1.21. The minimum absolute atomic E-state index is 0.0319. The van der Waals surface area contributed by atoms with E-state index in [9.17, 15) is 8.42 Å². The molecular formula is C16H25NO3S. The van der Waals surface area contributed by atoms with E-state index in [1.807, 2.05) is 6.07 Å². The van der Waals surface area contributed by atoms with Crippen molar-refractivity contribution in [1.29, 1.82) is 0 Å². The number of aryl methyl sites for hydroxylation is 1. The highest BCUT2D eigenvalue weighted by Gasteiger charge is 2.16. The zero-order valence-electron chi connectivity index (χ0n) is 12.9. The normalized spacial score (nSPS) is 15.5. The maximum Gasteiger partial charge on any atom is 0.148 e. The van der Waals surface area contributed by atoms with Crippen LogP contribution in [0.2, 0.25) is 0 Å². The molecule has 1 N–H and O–H groups in total. The summed E-state index contributed by atoms with van der Waals surface area (Å²) >= 11 is 0. The van der Waals surface area contributed by atoms with Crippen molar-refractivity contribution in [3.8, 4) is 5.75 Å². The number of hydrogen-bond acceptors (Lipinski definition) is 4. The van der Waals surface area contributed by atoms with Gasteiger partial charge in [-0.05, 0) is 43.0 Å². The van der Waals surface area contributed by atoms with Gasteiger partial charge in [-0.15, -0.1) is 0 Å². The van der Waals surface area contributed by atoms with Gasteiger partial charge >= 0.3 is 0 Å². The Morgan fingerprint density at radius 2 is 2.19 bits per heavy atom. The third kappa shape index (κ3) is 5.32. The van der Waals surface area contributed by atoms with Crippen molar-refractivity contribution in [3.63, 3.8) is 0 Å². The van der Waals surface area contributed by atoms with Gasteiger partial charge in [-0.3, -0.25) is 0 Å². The Morgan fingerprint density at radius 3 is 2.90 bits per heavy atom. The first-order valence-electron chi connectivity index (χ1n) is 7.63. The predicted octanol–water partition coefficient (Wildman–Crippen LogP) is 1.97. The van der Waals surface area contributed by atoms with Gasteiger partial charge in [-0.1, -0.05) is 19.1 Å². The van der Waals surface area contributed by atoms with E-state index in [1.165, 1.54) is 17.4 Å². The van der Waals surface area contributed by atoms with Gasteiger partial charge in [0.25, 0.3) is 0 Å². The van der Waals surface area contributed by atoms with Gasteiger partial charge in [-0.25, -0.2) is 8.42 Å². The van der Waals surface area contributed by atoms with E-state index in [2.05, 4.69) is 24.4 Å². The minimum atomic E-state index is -2.95. The molecule has 4 nitrogen and oxygen atoms in total. The Balaban J connectivity index is 1.94. The molecule has 0 fully saturated rings. The summed E-state index contributed by atoms with van der Waals surface area (Å²) in [6, 6.07) is 6.34. The molecule has 0 spiro atoms. The summed E-state index contributed by atoms with van der Waals surface area (Å²) < 4.78 is 28.5. The highest BCUT2D eigenvalue weighted by atomic mass is 32.2. The summed E-state index contributed by atoms with van der Waals surface area (Å²) in [5.41, 5.74) is 2.53. The molecule has 0 bridgehead atoms. The molecule has 0 aliphatic carbocycles. The van der Waals surface area contributed by atoms with Crippen molar-refractivity contribution in [2.24, 2.45) is 0 Å². The molecule has 1 aromatic rings. The van der Waals surface area contributed by atoms with Crippen molar-refractivity contribution >= 4 is 9.84 Å². The van der Waals surface area contributed by atoms with Gasteiger partial charge in [0.05, 0.1) is 12.4 Å². The maximum atomic E-state index is 11.5. The quantitative estimate of drug-likeness (QED) is 0.797. The van der Waals surface area contributed by atoms with Crippen molar-refractivity contribution in [1.82, 2.24) is 5.32 Å². The topological polar surface area (TPSA) is 55.4 Å². The van der Waals surface area contributed by atoms with Crippen LogP contribution in [0.15, 0.2) is 18.2 Å². The van der Waals surface area contributed by atoms with Crippen LogP contribution in [0.25, 0.3) is 0 Å². The fourth-order valence-electron chi connectivity index (χ4n) is 2.69. The molecule has 0 saturated carbocycles. The van der Waals surface area contributed by atoms with E-state index in [1.54, 1.807) is 0 Å². The van der Waals surface area contributed by atoms with Crippen LogP contribution in [-0.2, 0) is 22.7 Å². The second-order valence-corrected chi connectivity index (χ2v) is 8.01. The second-order valence-electron chi connectivity index (χ2n) is 5.82. The monoisotopic (exact) mass is 311 g/mol. The SMILES string of the molecule is CCCNC(CCc1ccc2c(c1)CCO2)CS(C)(=O)=O. The standard InChI is InChI=1S/C16H25NO3S/c1-3-9-17-15(12-21(2,18)19)6-4-13-5-7-16-14(11-13)8-10-20-16/h5,7,11,15,17H,3-4,6,8-10,12H2,1-2H3. The van der Waals surface area contributed by atoms with Gasteiger partial charge in [0, 0.05) is 18.7 Å². The lowest BCUT2D eigenvalue weighted by Crippen LogP contribution is -2.36. The number of ether oxygens (including phenoxy) is 1. The molecule has 1 aliphatic rings. The molecule has 2 rings (SSSR count). The number of benzene rings is 1. The Hall–Kier alpha value is -1.07. The van der Waals surface area contributed by atoms with Crippen molar-refractivity contribution in [3.05, 3.63) is 29.3 Å². The smallest absolute Gasteiger partial charge is 0.148 e. The lowest BCUT2D eigenvalue weighted by Gasteiger charge is -2.17. The lowest BCUT2D eigenvalue weighted by molar-refractivity contribution is 0.357. The third-order valence-corrected chi connectivity index (χ3v) is 4.73. The third-order valence-electron chi connectivity index (χ3n) is 3.72. The van der Waals surface area contributed by atoms with E-state index in [-0.39, 0.29) is 11.8 Å². The fourth-order valence-corrected chi connectivity index (χ4v) is 3.71. The number of hydrogen-bond donors (Lipinski definition) is 1. The number of nitrogens with one attached hydrogen (secondary N) is 1. The Kier molecular flexibility index (Phi) is 5.65. The highest BCUT2D eigenvalue weighted by molar-refractivity contribution is 7.90. The van der Waals surface area contributed by atoms with Crippen LogP contribution in [0.5, 0.6) is 5.75 Å². The van der Waals surface area contributed by atoms with Crippen LogP contribution in [0.1, 0.15) is 30.9 Å². The van der Waals surface area contributed by atoms with Crippen molar-refractivity contribution in [2.75, 3.05) is 25.2 Å². The number of fused-ring (bicyclic) bond motifs is 1. The Labute approximate surface area is 127 Å². The van der Waals surface area contributed by atoms with Gasteiger partial charge < -0.3 is 10.1 Å². The van der Waals surface area contributed by atoms with Crippen LogP contribution in [0, 0.1) is 0 Å². The van der Waals surface area contributed by atoms with Crippen molar-refractivity contribution in [2.45, 2.75) is 38.6 Å². The zero-order valence-corrected chi connectivity index (χ0v) is 13.7. The zero-order chi connectivity index (χ0) is 15.3. The fraction of sp³-hybridized carbons (Fsp3) is 0.625. The summed E-state index contributed by atoms with van der Waals surface area (Å²) in [4.78, 5) is 0. The molecule has 1 aromatic carbocycles. The lowest BCUT2D eigenvalue weighted by atomic mass is 10.0. The summed E-state index contributed by atoms with van der Waals surface area (Å²) in [6.45, 7) is 3.72. The molecule has 0 amide bonds. The summed E-state index contributed by atoms with van der Waals surface area (Å²) in [5, 5.41) is 3.34. The number of rotatable bonds is 8. The van der Waals surface area contributed by atoms with E-state index < -0.39 is 9.84 Å². The van der Waals surface area contributed by atoms with Gasteiger partial charge in [-0.2, -0.15) is 0 Å². The molecule has 1 atom stereocenters. The molecule has 5 heteroatoms. The molecule has 118 valence electrons. The van der Waals surface area contributed by atoms with E-state index in [4.69, 9.17) is 4.74 Å². The van der Waals surface area contributed by atoms with Crippen LogP contribution in [0.4, 0.5) is 0 Å². The van der Waals surface area contributed by atoms with Gasteiger partial charge in [0.2, 0.25) is 0 Å². The molecule has 0 saturated heterocycles. The first kappa shape index (κ1) is 16.3. The van der Waals surface area contributed by atoms with Crippen LogP contribution in [0.3, 0.4) is 0 Å². The van der Waals surface area contributed by atoms with Crippen LogP contribution >= 0.6 is 0 Å². The van der Waals surface area contributed by atoms with Gasteiger partial charge in [0.1, 0.15) is 15.6 Å². The van der Waals surface area contributed by atoms with Crippen LogP contribution in [-0.4, -0.2) is 39.6 Å². The molecule has 1 unspecified atom stereocenters. The summed E-state index contributed by atoms with van der Waals surface area (Å²) in [6.07, 6.45) is 5.03. The van der Waals surface area contributed by atoms with E-state index >= 15 is 0 Å². The first-order valence-corrected chi connectivity index (χ1v) is 9.69. The maximum absolute atomic E-state index is 11.5. The Morgan fingerprint density at radius 1 is 1.38 bits per heavy atom. The first-order chi connectivity index (χ1) is 9.98. The largest absolute Gasteiger partial charge is 0.493 e. The molecule has 0 aromatic heterocycles. The average molecular weight is 311 g/mol. The minimum Gasteiger partial charge on any atom is -0.493 e. The molecule has 21 heavy (non-hydrogen) atoms. The van der Waals surface area contributed by atoms with E-state index in [0.29, 0.717) is 0 Å². The number of sulfone groups is 1. The highest BCUT2D eigenvalue weighted by Crippen LogP contribution is 2.26. The molecular weight excluding hydrogens is 286 g/mol. The van der Waals surface area contributed by atoms with Crippen LogP contribution < -0.4 is 10.1 Å². The molecule has 1 aliphatic heterocycles. The van der Waals surface area contributed by atoms with E-state index in [0.717, 1.165) is 44.6 Å². The molecule has 1 heterocycles. The molecule has 0 radical (unpaired) electrons. The predicted molar refractivity (Wildman–Crippen MR) is 85.8 cm³/mol. The summed E-state index contributed by atoms with van der Waals surface area (Å²) in [7, 11) is -2.95. The second kappa shape index (κ2) is 7.27. The Bertz CT molecular complexity index is 569. The average Bonchev–Trinajstić information content (AvgIpc) is 2.87. The van der Waals surface area contributed by atoms with Gasteiger partial charge in [0.15, 0.2) is 0 Å².